The first-order valence-electron chi connectivity index (χ1n) is 21.9. The first-order chi connectivity index (χ1) is 32.0. The minimum atomic E-state index is -5.14. The summed E-state index contributed by atoms with van der Waals surface area (Å²) in [5, 5.41) is 45.2. The third-order valence-electron chi connectivity index (χ3n) is 10.7. The third-order valence-corrected chi connectivity index (χ3v) is 11.3. The highest BCUT2D eigenvalue weighted by Gasteiger charge is 2.37. The standard InChI is InChI=1S/C42H63N10O15P/c1-25(2)18-31(47-42(60)35-14-11-16-51(35)28(5)54)39(57)46-32(40(58)48-33(23-53)41(59)49-36(38(43)56)27(4)67-68(63,64)65)20-30-22-44-24-50(30)15-8-6-7-9-17-66-45-21-26(3)19-29-12-10-13-34(37(29)55)52(61)62/h10,12-13,19,21-22,24-25,27,31-33,35-36,53,55H,6-9,11,14-18,20,23H2,1-5H3,(H2,43,56)(H,46,57)(H,47,60)(H,48,58)(H,49,59)(H2,63,64,65)/b26-19+,45-21+/t27-,31+,32+,33+,35+,36+/m1/s1. The number of nitro groups is 1. The van der Waals surface area contributed by atoms with E-state index in [1.54, 1.807) is 11.5 Å². The number of phenolic OH excluding ortho intramolecular Hbond substituents is 1. The van der Waals surface area contributed by atoms with E-state index < -0.39 is 96.6 Å². The number of oxime groups is 1. The SMILES string of the molecule is CC(=O)N1CCC[C@H]1C(=O)N[C@@H](CC(C)C)C(=O)N[C@@H](Cc1cncn1CCCCCCO/N=C/C(C)=C/c1cccc([N+](=O)[O-])c1O)C(=O)N[C@@H](CO)C(=O)N[C@H](C(N)=O)[C@@H](C)OP(=O)(O)O. The molecule has 6 atom stereocenters. The van der Waals surface area contributed by atoms with Crippen molar-refractivity contribution in [2.24, 2.45) is 16.8 Å². The topological polar surface area (TPSA) is 370 Å². The van der Waals surface area contributed by atoms with E-state index in [9.17, 15) is 63.4 Å². The molecule has 6 amide bonds. The largest absolute Gasteiger partial charge is 0.502 e. The zero-order valence-corrected chi connectivity index (χ0v) is 39.5. The molecule has 0 aliphatic carbocycles. The molecule has 1 aliphatic heterocycles. The number of aromatic nitrogens is 2. The monoisotopic (exact) mass is 978 g/mol. The number of aryl methyl sites for hydroxylation is 1. The summed E-state index contributed by atoms with van der Waals surface area (Å²) in [5.74, 6) is -5.57. The molecule has 0 saturated carbocycles. The lowest BCUT2D eigenvalue weighted by molar-refractivity contribution is -0.385. The number of para-hydroxylation sites is 1. The number of phenols is 1. The number of nitro benzene ring substituents is 1. The van der Waals surface area contributed by atoms with Gasteiger partial charge in [-0.15, -0.1) is 0 Å². The fraction of sp³-hybridized carbons (Fsp3) is 0.571. The summed E-state index contributed by atoms with van der Waals surface area (Å²) >= 11 is 0. The van der Waals surface area contributed by atoms with Gasteiger partial charge in [0.15, 0.2) is 0 Å². The van der Waals surface area contributed by atoms with Crippen LogP contribution in [0.3, 0.4) is 0 Å². The highest BCUT2D eigenvalue weighted by molar-refractivity contribution is 7.46. The van der Waals surface area contributed by atoms with Crippen LogP contribution in [-0.2, 0) is 55.7 Å². The van der Waals surface area contributed by atoms with Gasteiger partial charge in [-0.25, -0.2) is 9.55 Å². The second-order valence-corrected chi connectivity index (χ2v) is 17.9. The molecular formula is C42H63N10O15P. The number of hydrogen-bond acceptors (Lipinski definition) is 15. The maximum Gasteiger partial charge on any atom is 0.469 e. The van der Waals surface area contributed by atoms with Crippen LogP contribution in [0.15, 0.2) is 41.5 Å². The number of nitrogens with zero attached hydrogens (tertiary/aromatic N) is 5. The maximum absolute atomic E-state index is 14.0. The molecule has 1 aromatic heterocycles. The summed E-state index contributed by atoms with van der Waals surface area (Å²) in [5.41, 5.74) is 6.25. The number of primary amides is 1. The Bertz CT molecular complexity index is 2200. The van der Waals surface area contributed by atoms with Crippen molar-refractivity contribution in [1.82, 2.24) is 35.7 Å². The molecule has 1 saturated heterocycles. The Morgan fingerprint density at radius 3 is 2.29 bits per heavy atom. The number of aliphatic hydroxyl groups is 1. The predicted octanol–water partition coefficient (Wildman–Crippen LogP) is 0.677. The number of rotatable bonds is 28. The number of hydrogen-bond donors (Lipinski definition) is 9. The Morgan fingerprint density at radius 2 is 1.66 bits per heavy atom. The first kappa shape index (κ1) is 56.1. The van der Waals surface area contributed by atoms with Gasteiger partial charge in [-0.1, -0.05) is 37.6 Å². The van der Waals surface area contributed by atoms with Gasteiger partial charge in [0.25, 0.3) is 0 Å². The van der Waals surface area contributed by atoms with Crippen LogP contribution in [-0.4, -0.2) is 137 Å². The number of carbonyl (C=O) groups is 6. The van der Waals surface area contributed by atoms with Crippen molar-refractivity contribution in [2.45, 2.75) is 129 Å². The van der Waals surface area contributed by atoms with E-state index >= 15 is 0 Å². The maximum atomic E-state index is 14.0. The Hall–Kier alpha value is -6.27. The van der Waals surface area contributed by atoms with Gasteiger partial charge < -0.3 is 61.3 Å². The second-order valence-electron chi connectivity index (χ2n) is 16.7. The second kappa shape index (κ2) is 26.9. The van der Waals surface area contributed by atoms with Crippen LogP contribution in [0.1, 0.15) is 90.8 Å². The van der Waals surface area contributed by atoms with Gasteiger partial charge in [0.2, 0.25) is 41.2 Å². The van der Waals surface area contributed by atoms with E-state index in [1.807, 2.05) is 13.8 Å². The Labute approximate surface area is 392 Å². The van der Waals surface area contributed by atoms with Gasteiger partial charge in [-0.05, 0) is 69.9 Å². The number of unbranched alkanes of at least 4 members (excludes halogenated alkanes) is 3. The molecule has 0 bridgehead atoms. The van der Waals surface area contributed by atoms with Crippen LogP contribution in [0.2, 0.25) is 0 Å². The van der Waals surface area contributed by atoms with Crippen molar-refractivity contribution >= 4 is 61.2 Å². The molecule has 1 fully saturated rings. The quantitative estimate of drug-likeness (QED) is 0.0186. The fourth-order valence-electron chi connectivity index (χ4n) is 7.29. The molecule has 0 radical (unpaired) electrons. The van der Waals surface area contributed by atoms with E-state index in [-0.39, 0.29) is 30.2 Å². The minimum absolute atomic E-state index is 0.124. The number of aliphatic hydroxyl groups excluding tert-OH is 1. The molecule has 1 aromatic carbocycles. The third kappa shape index (κ3) is 18.1. The molecule has 25 nitrogen and oxygen atoms in total. The van der Waals surface area contributed by atoms with E-state index in [2.05, 4.69) is 35.9 Å². The van der Waals surface area contributed by atoms with Crippen LogP contribution in [0, 0.1) is 16.0 Å². The number of phosphoric acid groups is 1. The van der Waals surface area contributed by atoms with Crippen molar-refractivity contribution in [2.75, 3.05) is 19.8 Å². The van der Waals surface area contributed by atoms with Crippen molar-refractivity contribution < 1.29 is 67.6 Å². The number of allylic oxidation sites excluding steroid dienone is 1. The number of carbonyl (C=O) groups excluding carboxylic acids is 6. The number of imidazole rings is 1. The normalized spacial score (nSPS) is 16.4. The zero-order chi connectivity index (χ0) is 50.7. The number of amides is 6. The Kier molecular flexibility index (Phi) is 22.2. The van der Waals surface area contributed by atoms with Gasteiger partial charge in [0, 0.05) is 50.0 Å². The zero-order valence-electron chi connectivity index (χ0n) is 38.6. The lowest BCUT2D eigenvalue weighted by Gasteiger charge is -2.28. The van der Waals surface area contributed by atoms with Crippen molar-refractivity contribution in [3.05, 3.63) is 57.7 Å². The molecular weight excluding hydrogens is 915 g/mol. The van der Waals surface area contributed by atoms with Gasteiger partial charge in [-0.3, -0.25) is 43.4 Å². The van der Waals surface area contributed by atoms with Gasteiger partial charge in [0.1, 0.15) is 36.8 Å². The predicted molar refractivity (Wildman–Crippen MR) is 244 cm³/mol. The number of nitrogens with two attached hydrogens (primary N) is 1. The fourth-order valence-corrected chi connectivity index (χ4v) is 7.84. The lowest BCUT2D eigenvalue weighted by Crippen LogP contribution is -2.61. The van der Waals surface area contributed by atoms with Crippen LogP contribution in [0.4, 0.5) is 5.69 Å². The Morgan fingerprint density at radius 1 is 1.00 bits per heavy atom. The molecule has 376 valence electrons. The summed E-state index contributed by atoms with van der Waals surface area (Å²) in [7, 11) is -5.14. The van der Waals surface area contributed by atoms with Gasteiger partial charge in [-0.2, -0.15) is 0 Å². The van der Waals surface area contributed by atoms with E-state index in [0.29, 0.717) is 56.6 Å². The molecule has 2 aromatic rings. The average Bonchev–Trinajstić information content (AvgIpc) is 3.93. The Balaban J connectivity index is 1.72. The molecule has 10 N–H and O–H groups in total. The summed E-state index contributed by atoms with van der Waals surface area (Å²) in [6.07, 6.45) is 8.05. The van der Waals surface area contributed by atoms with Gasteiger partial charge in [0.05, 0.1) is 30.2 Å². The van der Waals surface area contributed by atoms with Crippen molar-refractivity contribution in [3.63, 3.8) is 0 Å². The van der Waals surface area contributed by atoms with E-state index in [0.717, 1.165) is 19.8 Å². The first-order valence-corrected chi connectivity index (χ1v) is 23.5. The van der Waals surface area contributed by atoms with Crippen molar-refractivity contribution in [1.29, 1.82) is 0 Å². The average molecular weight is 979 g/mol. The lowest BCUT2D eigenvalue weighted by atomic mass is 10.0. The molecule has 68 heavy (non-hydrogen) atoms. The number of likely N-dealkylation sites (tertiary alicyclic amines) is 1. The summed E-state index contributed by atoms with van der Waals surface area (Å²) in [6, 6.07) is -2.81. The van der Waals surface area contributed by atoms with E-state index in [4.69, 9.17) is 10.6 Å². The summed E-state index contributed by atoms with van der Waals surface area (Å²) < 4.78 is 17.7. The van der Waals surface area contributed by atoms with E-state index in [1.165, 1.54) is 54.8 Å². The summed E-state index contributed by atoms with van der Waals surface area (Å²) in [4.78, 5) is 119. The summed E-state index contributed by atoms with van der Waals surface area (Å²) in [6.45, 7) is 7.83. The number of aromatic hydroxyl groups is 1. The highest BCUT2D eigenvalue weighted by atomic mass is 31.2. The molecule has 0 unspecified atom stereocenters. The van der Waals surface area contributed by atoms with Gasteiger partial charge >= 0.3 is 13.5 Å². The van der Waals surface area contributed by atoms with Crippen molar-refractivity contribution in [3.8, 4) is 5.75 Å². The molecule has 1 aliphatic rings. The molecule has 0 spiro atoms. The van der Waals surface area contributed by atoms with Crippen LogP contribution >= 0.6 is 7.82 Å². The van der Waals surface area contributed by atoms with Crippen LogP contribution in [0.5, 0.6) is 5.75 Å². The van der Waals surface area contributed by atoms with Crippen LogP contribution < -0.4 is 27.0 Å². The number of nitrogens with one attached hydrogen (secondary N) is 4. The smallest absolute Gasteiger partial charge is 0.469 e. The van der Waals surface area contributed by atoms with Crippen LogP contribution in [0.25, 0.3) is 6.08 Å². The highest BCUT2D eigenvalue weighted by Crippen LogP contribution is 2.38. The number of benzene rings is 1. The minimum Gasteiger partial charge on any atom is -0.502 e. The molecule has 26 heteroatoms. The molecule has 3 rings (SSSR count). The molecule has 2 heterocycles. The number of phosphoric ester groups is 1.